The standard InChI is InChI=1S/CH4SSi2.Li/c1-4(2)3;/h2H,1H3;/q-1;+1. The van der Waals surface area contributed by atoms with Crippen molar-refractivity contribution in [3.63, 3.8) is 0 Å². The summed E-state index contributed by atoms with van der Waals surface area (Å²) in [6, 6.07) is 0. The van der Waals surface area contributed by atoms with Gasteiger partial charge < -0.3 is 12.1 Å². The quantitative estimate of drug-likeness (QED) is 0.253. The van der Waals surface area contributed by atoms with Gasteiger partial charge in [-0.05, 0) is 0 Å². The van der Waals surface area contributed by atoms with E-state index in [2.05, 4.69) is 21.8 Å². The minimum atomic E-state index is -0.380. The van der Waals surface area contributed by atoms with Crippen LogP contribution in [0.5, 0.6) is 0 Å². The first kappa shape index (κ1) is 9.63. The summed E-state index contributed by atoms with van der Waals surface area (Å²) in [6.45, 7) is 2.05. The number of thiol groups is 1. The summed E-state index contributed by atoms with van der Waals surface area (Å²) in [5.41, 5.74) is 0. The molecule has 0 unspecified atom stereocenters. The zero-order chi connectivity index (χ0) is 3.58. The number of rotatable bonds is 0. The summed E-state index contributed by atoms with van der Waals surface area (Å²) in [5.74, 6) is 0. The third-order valence-corrected chi connectivity index (χ3v) is 0. The molecule has 0 rings (SSSR count). The van der Waals surface area contributed by atoms with Gasteiger partial charge in [0.1, 0.15) is 0 Å². The maximum atomic E-state index is 3.98. The van der Waals surface area contributed by atoms with Crippen molar-refractivity contribution in [1.82, 2.24) is 0 Å². The molecule has 0 amide bonds. The van der Waals surface area contributed by atoms with E-state index in [9.17, 15) is 0 Å². The van der Waals surface area contributed by atoms with Gasteiger partial charge in [0.25, 0.3) is 0 Å². The van der Waals surface area contributed by atoms with Crippen LogP contribution in [0.4, 0.5) is 0 Å². The van der Waals surface area contributed by atoms with Crippen LogP contribution in [-0.2, 0) is 0 Å². The van der Waals surface area contributed by atoms with Crippen molar-refractivity contribution in [1.29, 1.82) is 0 Å². The van der Waals surface area contributed by atoms with Gasteiger partial charge in [-0.3, -0.25) is 0 Å². The minimum absolute atomic E-state index is 0. The molecular weight excluding hydrogens is 107 g/mol. The molecule has 0 aliphatic carbocycles. The molecule has 0 aromatic carbocycles. The molecule has 0 atom stereocenters. The van der Waals surface area contributed by atoms with Crippen LogP contribution in [0, 0.1) is 0 Å². The third-order valence-electron chi connectivity index (χ3n) is 0. The van der Waals surface area contributed by atoms with Gasteiger partial charge in [0.05, 0.1) is 0 Å². The average Bonchev–Trinajstić information content (AvgIpc) is 0.811. The molecule has 3 radical (unpaired) electrons. The topological polar surface area (TPSA) is 0 Å². The van der Waals surface area contributed by atoms with Crippen molar-refractivity contribution < 1.29 is 18.9 Å². The van der Waals surface area contributed by atoms with Gasteiger partial charge in [0.2, 0.25) is 0 Å². The molecule has 0 bridgehead atoms. The Balaban J connectivity index is 0. The van der Waals surface area contributed by atoms with Gasteiger partial charge in [-0.15, -0.1) is 0 Å². The Morgan fingerprint density at radius 3 is 1.80 bits per heavy atom. The molecular formula is CH4LiSSi2. The Hall–Kier alpha value is 1.38. The summed E-state index contributed by atoms with van der Waals surface area (Å²) in [7, 11) is 2.90. The fraction of sp³-hybridized carbons (Fsp3) is 1.00. The first-order chi connectivity index (χ1) is 1.73. The largest absolute Gasteiger partial charge is 1.00 e. The Kier molecular flexibility index (Phi) is 10.4. The summed E-state index contributed by atoms with van der Waals surface area (Å²) in [6.07, 6.45) is 0. The fourth-order valence-electron chi connectivity index (χ4n) is 0. The maximum absolute atomic E-state index is 3.98. The summed E-state index contributed by atoms with van der Waals surface area (Å²) in [4.78, 5) is 0. The first-order valence-corrected chi connectivity index (χ1v) is 5.76. The fourth-order valence-corrected chi connectivity index (χ4v) is 0. The number of hydrogen-bond acceptors (Lipinski definition) is 1. The summed E-state index contributed by atoms with van der Waals surface area (Å²) < 4.78 is 0. The Morgan fingerprint density at radius 1 is 1.80 bits per heavy atom. The molecule has 0 saturated carbocycles. The maximum Gasteiger partial charge on any atom is 1.00 e. The Labute approximate surface area is 54.8 Å². The molecule has 0 aliphatic rings. The molecule has 0 saturated heterocycles. The first-order valence-electron chi connectivity index (χ1n) is 0.974. The van der Waals surface area contributed by atoms with Crippen LogP contribution in [0.1, 0.15) is 0 Å². The van der Waals surface area contributed by atoms with Crippen molar-refractivity contribution in [2.24, 2.45) is 0 Å². The van der Waals surface area contributed by atoms with Crippen molar-refractivity contribution in [2.75, 3.05) is 0 Å². The van der Waals surface area contributed by atoms with Gasteiger partial charge in [0.15, 0.2) is 0 Å². The van der Waals surface area contributed by atoms with Crippen LogP contribution in [0.15, 0.2) is 0 Å². The van der Waals surface area contributed by atoms with Gasteiger partial charge in [-0.25, -0.2) is 17.2 Å². The van der Waals surface area contributed by atoms with E-state index < -0.39 is 0 Å². The van der Waals surface area contributed by atoms with E-state index in [1.54, 1.807) is 0 Å². The van der Waals surface area contributed by atoms with Crippen LogP contribution in [-0.4, -0.2) is 17.2 Å². The molecule has 0 heterocycles. The Morgan fingerprint density at radius 2 is 1.80 bits per heavy atom. The minimum Gasteiger partial charge on any atom is -0.396 e. The smallest absolute Gasteiger partial charge is 0.396 e. The molecule has 0 N–H and O–H groups in total. The van der Waals surface area contributed by atoms with E-state index >= 15 is 0 Å². The van der Waals surface area contributed by atoms with E-state index in [1.807, 2.05) is 6.55 Å². The van der Waals surface area contributed by atoms with Crippen LogP contribution in [0.3, 0.4) is 0 Å². The van der Waals surface area contributed by atoms with Gasteiger partial charge >= 0.3 is 18.9 Å². The average molecular weight is 111 g/mol. The zero-order valence-corrected chi connectivity index (χ0v) is 6.34. The molecule has 4 heteroatoms. The normalized spacial score (nSPS) is 7.20. The van der Waals surface area contributed by atoms with Crippen molar-refractivity contribution >= 4 is 29.3 Å². The second-order valence-electron chi connectivity index (χ2n) is 0.585. The molecule has 0 aromatic heterocycles. The molecule has 0 fully saturated rings. The van der Waals surface area contributed by atoms with Gasteiger partial charge in [-0.1, -0.05) is 0 Å². The van der Waals surface area contributed by atoms with Crippen LogP contribution in [0.2, 0.25) is 6.55 Å². The molecule has 0 nitrogen and oxygen atoms in total. The molecule has 5 heavy (non-hydrogen) atoms. The second-order valence-corrected chi connectivity index (χ2v) is 7.28. The molecule has 0 spiro atoms. The van der Waals surface area contributed by atoms with E-state index in [1.165, 1.54) is 0 Å². The van der Waals surface area contributed by atoms with E-state index in [-0.39, 0.29) is 26.3 Å². The van der Waals surface area contributed by atoms with E-state index in [4.69, 9.17) is 0 Å². The third kappa shape index (κ3) is 32.2. The molecule has 23 valence electrons. The predicted molar refractivity (Wildman–Crippen MR) is 26.4 cm³/mol. The number of hydrogen-bond donors (Lipinski definition) is 1. The van der Waals surface area contributed by atoms with Crippen LogP contribution < -0.4 is 18.9 Å². The van der Waals surface area contributed by atoms with E-state index in [0.717, 1.165) is 0 Å². The van der Waals surface area contributed by atoms with Crippen molar-refractivity contribution in [2.45, 2.75) is 6.55 Å². The Bertz CT molecular complexity index is 14.4. The van der Waals surface area contributed by atoms with Crippen molar-refractivity contribution in [3.05, 3.63) is 0 Å². The molecule has 0 aromatic rings. The summed E-state index contributed by atoms with van der Waals surface area (Å²) in [5, 5.41) is 0. The van der Waals surface area contributed by atoms with Gasteiger partial charge in [0, 0.05) is 0 Å². The zero-order valence-electron chi connectivity index (χ0n) is 3.45. The predicted octanol–water partition coefficient (Wildman–Crippen LogP) is -2.79. The van der Waals surface area contributed by atoms with Gasteiger partial charge in [-0.2, -0.15) is 6.55 Å². The van der Waals surface area contributed by atoms with Crippen molar-refractivity contribution in [3.8, 4) is 0 Å². The van der Waals surface area contributed by atoms with Crippen LogP contribution >= 0.6 is 12.1 Å². The molecule has 0 aliphatic heterocycles. The van der Waals surface area contributed by atoms with E-state index in [0.29, 0.717) is 0 Å². The monoisotopic (exact) mass is 111 g/mol. The summed E-state index contributed by atoms with van der Waals surface area (Å²) >= 11 is 3.98. The SMILES string of the molecule is C[Si-]([Si])S.[Li+]. The second kappa shape index (κ2) is 5.38. The van der Waals surface area contributed by atoms with Crippen LogP contribution in [0.25, 0.3) is 0 Å².